The van der Waals surface area contributed by atoms with Crippen molar-refractivity contribution >= 4 is 17.9 Å². The van der Waals surface area contributed by atoms with Crippen LogP contribution in [-0.2, 0) is 14.2 Å². The molecule has 0 N–H and O–H groups in total. The van der Waals surface area contributed by atoms with Crippen LogP contribution in [0.3, 0.4) is 0 Å². The van der Waals surface area contributed by atoms with Gasteiger partial charge in [-0.1, -0.05) is 240 Å². The number of ether oxygens (including phenoxy) is 3. The summed E-state index contributed by atoms with van der Waals surface area (Å²) in [5, 5.41) is 0. The maximum absolute atomic E-state index is 13.4. The van der Waals surface area contributed by atoms with Gasteiger partial charge in [-0.25, -0.2) is 14.4 Å². The number of carbonyl (C=O) groups excluding carboxylic acids is 3. The Morgan fingerprint density at radius 1 is 0.390 bits per heavy atom. The zero-order valence-electron chi connectivity index (χ0n) is 39.3. The number of rotatable bonds is 43. The first-order valence-corrected chi connectivity index (χ1v) is 25.6. The monoisotopic (exact) mass is 827 g/mol. The molecule has 6 heteroatoms. The van der Waals surface area contributed by atoms with Crippen molar-refractivity contribution < 1.29 is 28.6 Å². The average Bonchev–Trinajstić information content (AvgIpc) is 3.25. The minimum Gasteiger partial charge on any atom is -0.462 e. The molecule has 0 aliphatic heterocycles. The van der Waals surface area contributed by atoms with Crippen molar-refractivity contribution in [3.05, 3.63) is 34.9 Å². The fourth-order valence-electron chi connectivity index (χ4n) is 7.98. The third-order valence-corrected chi connectivity index (χ3v) is 12.2. The summed E-state index contributed by atoms with van der Waals surface area (Å²) >= 11 is 0. The first kappa shape index (κ1) is 54.6. The molecule has 0 spiro atoms. The smallest absolute Gasteiger partial charge is 0.339 e. The van der Waals surface area contributed by atoms with Gasteiger partial charge in [0.05, 0.1) is 36.5 Å². The highest BCUT2D eigenvalue weighted by molar-refractivity contribution is 6.05. The summed E-state index contributed by atoms with van der Waals surface area (Å²) in [6, 6.07) is 4.54. The summed E-state index contributed by atoms with van der Waals surface area (Å²) in [7, 11) is 0. The Bertz CT molecular complexity index is 1130. The minimum atomic E-state index is -0.594. The van der Waals surface area contributed by atoms with Crippen molar-refractivity contribution in [2.24, 2.45) is 5.92 Å². The van der Waals surface area contributed by atoms with E-state index in [0.717, 1.165) is 64.2 Å². The van der Waals surface area contributed by atoms with E-state index in [-0.39, 0.29) is 29.2 Å². The Kier molecular flexibility index (Phi) is 38.0. The van der Waals surface area contributed by atoms with Crippen LogP contribution in [0, 0.1) is 5.92 Å². The maximum atomic E-state index is 13.4. The lowest BCUT2D eigenvalue weighted by molar-refractivity contribution is 0.0402. The van der Waals surface area contributed by atoms with E-state index in [9.17, 15) is 14.4 Å². The maximum Gasteiger partial charge on any atom is 0.339 e. The molecule has 0 fully saturated rings. The third-order valence-electron chi connectivity index (χ3n) is 12.2. The molecule has 0 saturated heterocycles. The Morgan fingerprint density at radius 3 is 1.10 bits per heavy atom. The normalized spacial score (nSPS) is 11.8. The fourth-order valence-corrected chi connectivity index (χ4v) is 7.98. The molecule has 59 heavy (non-hydrogen) atoms. The van der Waals surface area contributed by atoms with E-state index in [4.69, 9.17) is 14.2 Å². The van der Waals surface area contributed by atoms with Crippen LogP contribution < -0.4 is 0 Å². The van der Waals surface area contributed by atoms with Crippen LogP contribution in [0.4, 0.5) is 0 Å². The summed E-state index contributed by atoms with van der Waals surface area (Å²) in [6.45, 7) is 9.76. The Morgan fingerprint density at radius 2 is 0.729 bits per heavy atom. The van der Waals surface area contributed by atoms with E-state index < -0.39 is 17.9 Å². The first-order chi connectivity index (χ1) is 29.0. The SMILES string of the molecule is CCCCCCCCCCCCCCCCCCOC(=O)c1ccc(C(=O)OCC(CC)CCCC)c(C(=O)OCCCCCCCCCCCCCCCCCC)c1. The molecule has 0 aliphatic carbocycles. The molecule has 0 aliphatic rings. The van der Waals surface area contributed by atoms with E-state index >= 15 is 0 Å². The lowest BCUT2D eigenvalue weighted by Gasteiger charge is -2.16. The molecule has 1 rings (SSSR count). The molecule has 1 unspecified atom stereocenters. The molecule has 1 atom stereocenters. The predicted octanol–water partition coefficient (Wildman–Crippen LogP) is 16.9. The molecule has 0 bridgehead atoms. The Hall–Kier alpha value is -2.37. The number of carbonyl (C=O) groups is 3. The highest BCUT2D eigenvalue weighted by atomic mass is 16.5. The van der Waals surface area contributed by atoms with Crippen molar-refractivity contribution in [3.8, 4) is 0 Å². The molecule has 342 valence electrons. The van der Waals surface area contributed by atoms with Crippen LogP contribution in [0.5, 0.6) is 0 Å². The zero-order chi connectivity index (χ0) is 42.9. The van der Waals surface area contributed by atoms with Gasteiger partial charge in [0.2, 0.25) is 0 Å². The lowest BCUT2D eigenvalue weighted by atomic mass is 10.0. The first-order valence-electron chi connectivity index (χ1n) is 25.6. The second kappa shape index (κ2) is 41.0. The van der Waals surface area contributed by atoms with E-state index in [1.165, 1.54) is 179 Å². The van der Waals surface area contributed by atoms with Gasteiger partial charge in [0.25, 0.3) is 0 Å². The van der Waals surface area contributed by atoms with E-state index in [0.29, 0.717) is 13.2 Å². The van der Waals surface area contributed by atoms with E-state index in [1.54, 1.807) is 6.07 Å². The van der Waals surface area contributed by atoms with Gasteiger partial charge in [-0.15, -0.1) is 0 Å². The molecule has 0 amide bonds. The van der Waals surface area contributed by atoms with E-state index in [1.807, 2.05) is 0 Å². The number of unbranched alkanes of at least 4 members (excludes halogenated alkanes) is 31. The van der Waals surface area contributed by atoms with Crippen LogP contribution in [-0.4, -0.2) is 37.7 Å². The van der Waals surface area contributed by atoms with Gasteiger partial charge in [0, 0.05) is 0 Å². The summed E-state index contributed by atoms with van der Waals surface area (Å²) in [4.78, 5) is 39.7. The molecule has 1 aromatic rings. The van der Waals surface area contributed by atoms with Gasteiger partial charge in [-0.2, -0.15) is 0 Å². The van der Waals surface area contributed by atoms with Gasteiger partial charge in [-0.05, 0) is 43.4 Å². The van der Waals surface area contributed by atoms with Crippen molar-refractivity contribution in [3.63, 3.8) is 0 Å². The second-order valence-corrected chi connectivity index (χ2v) is 17.7. The number of hydrogen-bond donors (Lipinski definition) is 0. The lowest BCUT2D eigenvalue weighted by Crippen LogP contribution is -2.19. The van der Waals surface area contributed by atoms with Crippen molar-refractivity contribution in [1.82, 2.24) is 0 Å². The fraction of sp³-hybridized carbons (Fsp3) is 0.830. The quantitative estimate of drug-likeness (QED) is 0.0371. The van der Waals surface area contributed by atoms with E-state index in [2.05, 4.69) is 27.7 Å². The molecular weight excluding hydrogens is 733 g/mol. The Balaban J connectivity index is 2.43. The van der Waals surface area contributed by atoms with Crippen LogP contribution in [0.25, 0.3) is 0 Å². The van der Waals surface area contributed by atoms with Crippen LogP contribution in [0.2, 0.25) is 0 Å². The predicted molar refractivity (Wildman–Crippen MR) is 250 cm³/mol. The average molecular weight is 827 g/mol. The van der Waals surface area contributed by atoms with Crippen molar-refractivity contribution in [2.45, 2.75) is 259 Å². The molecule has 0 saturated carbocycles. The standard InChI is InChI=1S/C53H94O6/c1-5-9-12-14-16-18-20-22-24-26-28-30-32-34-36-38-43-57-51(54)48-41-42-49(52(55)59-46-47(8-4)40-11-7-3)50(45-48)53(56)58-44-39-37-35-33-31-29-27-25-23-21-19-17-15-13-10-6-2/h41-42,45,47H,5-40,43-44,46H2,1-4H3. The topological polar surface area (TPSA) is 78.9 Å². The highest BCUT2D eigenvalue weighted by Crippen LogP contribution is 2.20. The zero-order valence-corrected chi connectivity index (χ0v) is 39.3. The van der Waals surface area contributed by atoms with Gasteiger partial charge in [-0.3, -0.25) is 0 Å². The van der Waals surface area contributed by atoms with Gasteiger partial charge < -0.3 is 14.2 Å². The number of hydrogen-bond acceptors (Lipinski definition) is 6. The highest BCUT2D eigenvalue weighted by Gasteiger charge is 2.23. The minimum absolute atomic E-state index is 0.0740. The molecule has 0 radical (unpaired) electrons. The van der Waals surface area contributed by atoms with Gasteiger partial charge in [0.15, 0.2) is 0 Å². The van der Waals surface area contributed by atoms with Gasteiger partial charge in [0.1, 0.15) is 0 Å². The van der Waals surface area contributed by atoms with Crippen LogP contribution >= 0.6 is 0 Å². The second-order valence-electron chi connectivity index (χ2n) is 17.7. The van der Waals surface area contributed by atoms with Crippen molar-refractivity contribution in [2.75, 3.05) is 19.8 Å². The summed E-state index contributed by atoms with van der Waals surface area (Å²) in [6.07, 6.45) is 45.2. The molecular formula is C53H94O6. The molecule has 0 aromatic heterocycles. The van der Waals surface area contributed by atoms with Crippen LogP contribution in [0.1, 0.15) is 290 Å². The van der Waals surface area contributed by atoms with Gasteiger partial charge >= 0.3 is 17.9 Å². The summed E-state index contributed by atoms with van der Waals surface area (Å²) in [5.74, 6) is -1.35. The largest absolute Gasteiger partial charge is 0.462 e. The number of esters is 3. The number of benzene rings is 1. The molecule has 6 nitrogen and oxygen atoms in total. The van der Waals surface area contributed by atoms with Crippen molar-refractivity contribution in [1.29, 1.82) is 0 Å². The Labute approximate surface area is 364 Å². The molecule has 0 heterocycles. The molecule has 1 aromatic carbocycles. The summed E-state index contributed by atoms with van der Waals surface area (Å²) in [5.41, 5.74) is 0.466. The third kappa shape index (κ3) is 31.2. The van der Waals surface area contributed by atoms with Crippen LogP contribution in [0.15, 0.2) is 18.2 Å². The summed E-state index contributed by atoms with van der Waals surface area (Å²) < 4.78 is 17.0.